The molecule has 0 aromatic heterocycles. The normalized spacial score (nSPS) is 20.8. The summed E-state index contributed by atoms with van der Waals surface area (Å²) in [7, 11) is 0. The molecule has 5 aliphatic rings. The Bertz CT molecular complexity index is 937. The maximum Gasteiger partial charge on any atom is -0.0395 e. The van der Waals surface area contributed by atoms with Crippen LogP contribution in [-0.2, 0) is 0 Å². The average molecular weight is 719 g/mol. The van der Waals surface area contributed by atoms with Gasteiger partial charge in [0.05, 0.1) is 0 Å². The largest absolute Gasteiger partial charge is 0.0654 e. The summed E-state index contributed by atoms with van der Waals surface area (Å²) in [6.07, 6.45) is 33.7. The van der Waals surface area contributed by atoms with Crippen LogP contribution in [-0.4, -0.2) is 0 Å². The first kappa shape index (κ1) is 50.4. The minimum Gasteiger partial charge on any atom is -0.0654 e. The van der Waals surface area contributed by atoms with Crippen molar-refractivity contribution in [3.05, 3.63) is 71.3 Å². The Morgan fingerprint density at radius 2 is 0.692 bits per heavy atom. The van der Waals surface area contributed by atoms with E-state index in [-0.39, 0.29) is 0 Å². The second-order valence-electron chi connectivity index (χ2n) is 18.0. The van der Waals surface area contributed by atoms with E-state index in [9.17, 15) is 0 Å². The molecule has 2 aromatic carbocycles. The van der Waals surface area contributed by atoms with Crippen molar-refractivity contribution in [1.29, 1.82) is 0 Å². The molecular formula is C52H94. The number of benzene rings is 2. The highest BCUT2D eigenvalue weighted by atomic mass is 14.2. The number of hydrogen-bond acceptors (Lipinski definition) is 0. The fraction of sp³-hybridized carbons (Fsp3) is 0.769. The molecule has 2 unspecified atom stereocenters. The fourth-order valence-electron chi connectivity index (χ4n) is 6.83. The molecule has 0 aliphatic heterocycles. The van der Waals surface area contributed by atoms with Crippen LogP contribution in [0.2, 0.25) is 0 Å². The summed E-state index contributed by atoms with van der Waals surface area (Å²) >= 11 is 0. The van der Waals surface area contributed by atoms with Crippen molar-refractivity contribution < 1.29 is 0 Å². The second kappa shape index (κ2) is 35.2. The predicted molar refractivity (Wildman–Crippen MR) is 240 cm³/mol. The van der Waals surface area contributed by atoms with Crippen molar-refractivity contribution in [3.8, 4) is 0 Å². The lowest BCUT2D eigenvalue weighted by atomic mass is 9.84. The highest BCUT2D eigenvalue weighted by Gasteiger charge is 2.14. The number of hydrogen-bond donors (Lipinski definition) is 0. The lowest BCUT2D eigenvalue weighted by Gasteiger charge is -2.22. The molecule has 5 fully saturated rings. The van der Waals surface area contributed by atoms with Gasteiger partial charge in [0.15, 0.2) is 0 Å². The van der Waals surface area contributed by atoms with E-state index in [4.69, 9.17) is 0 Å². The second-order valence-corrected chi connectivity index (χ2v) is 18.0. The summed E-state index contributed by atoms with van der Waals surface area (Å²) in [5.41, 5.74) is 4.06. The molecule has 52 heavy (non-hydrogen) atoms. The van der Waals surface area contributed by atoms with Crippen molar-refractivity contribution in [2.45, 2.75) is 224 Å². The minimum atomic E-state index is 1.01. The Morgan fingerprint density at radius 3 is 0.885 bits per heavy atom. The summed E-state index contributed by atoms with van der Waals surface area (Å²) in [5, 5.41) is 0. The first-order valence-electron chi connectivity index (χ1n) is 23.0. The van der Waals surface area contributed by atoms with Crippen LogP contribution in [0.5, 0.6) is 0 Å². The van der Waals surface area contributed by atoms with Crippen LogP contribution in [0.25, 0.3) is 0 Å². The van der Waals surface area contributed by atoms with Crippen molar-refractivity contribution >= 4 is 0 Å². The summed E-state index contributed by atoms with van der Waals surface area (Å²) in [4.78, 5) is 0. The van der Waals surface area contributed by atoms with Crippen molar-refractivity contribution in [3.63, 3.8) is 0 Å². The highest BCUT2D eigenvalue weighted by Crippen LogP contribution is 2.28. The molecule has 0 N–H and O–H groups in total. The summed E-state index contributed by atoms with van der Waals surface area (Å²) in [6.45, 7) is 24.8. The van der Waals surface area contributed by atoms with Crippen molar-refractivity contribution in [2.75, 3.05) is 0 Å². The zero-order valence-corrected chi connectivity index (χ0v) is 37.4. The van der Waals surface area contributed by atoms with E-state index < -0.39 is 0 Å². The first-order valence-corrected chi connectivity index (χ1v) is 23.0. The predicted octanol–water partition coefficient (Wildman–Crippen LogP) is 18.1. The Morgan fingerprint density at radius 1 is 0.365 bits per heavy atom. The molecule has 0 spiro atoms. The lowest BCUT2D eigenvalue weighted by Crippen LogP contribution is -2.09. The van der Waals surface area contributed by atoms with Gasteiger partial charge in [0.1, 0.15) is 0 Å². The van der Waals surface area contributed by atoms with E-state index in [0.717, 1.165) is 35.5 Å². The number of rotatable bonds is 4. The van der Waals surface area contributed by atoms with Gasteiger partial charge in [-0.05, 0) is 73.8 Å². The van der Waals surface area contributed by atoms with Gasteiger partial charge in [0.2, 0.25) is 0 Å². The highest BCUT2D eigenvalue weighted by molar-refractivity contribution is 5.23. The van der Waals surface area contributed by atoms with Crippen LogP contribution in [0.3, 0.4) is 0 Å². The molecule has 0 bridgehead atoms. The van der Waals surface area contributed by atoms with Crippen LogP contribution in [0.4, 0.5) is 0 Å². The Hall–Kier alpha value is -1.56. The van der Waals surface area contributed by atoms with Crippen LogP contribution < -0.4 is 0 Å². The van der Waals surface area contributed by atoms with Gasteiger partial charge in [-0.3, -0.25) is 0 Å². The zero-order valence-electron chi connectivity index (χ0n) is 37.4. The van der Waals surface area contributed by atoms with Crippen LogP contribution >= 0.6 is 0 Å². The Labute approximate surface area is 329 Å². The molecular weight excluding hydrogens is 625 g/mol. The molecule has 5 saturated carbocycles. The zero-order chi connectivity index (χ0) is 38.8. The summed E-state index contributed by atoms with van der Waals surface area (Å²) in [6, 6.07) is 18.6. The molecule has 0 radical (unpaired) electrons. The molecule has 0 amide bonds. The topological polar surface area (TPSA) is 0 Å². The summed E-state index contributed by atoms with van der Waals surface area (Å²) in [5.74, 6) is 6.26. The van der Waals surface area contributed by atoms with Crippen molar-refractivity contribution in [2.24, 2.45) is 35.5 Å². The molecule has 0 nitrogen and oxygen atoms in total. The Balaban J connectivity index is 0.000000575. The van der Waals surface area contributed by atoms with E-state index in [2.05, 4.69) is 113 Å². The monoisotopic (exact) mass is 719 g/mol. The van der Waals surface area contributed by atoms with E-state index in [1.165, 1.54) is 164 Å². The molecule has 5 aliphatic carbocycles. The third-order valence-electron chi connectivity index (χ3n) is 11.6. The number of unbranched alkanes of at least 4 members (excludes halogenated alkanes) is 4. The number of aryl methyl sites for hydroxylation is 3. The quantitative estimate of drug-likeness (QED) is 0.276. The molecule has 2 aromatic rings. The SMILES string of the molecule is CC1CC1.CC1CCC1.CC1CCCC(C)C1.CC1CCCC1.CC1CCCCC1.CCCCCCC.Cc1ccccc1.Cc1ccccc1C. The van der Waals surface area contributed by atoms with E-state index in [0.29, 0.717) is 0 Å². The molecule has 302 valence electrons. The molecule has 2 atom stereocenters. The smallest absolute Gasteiger partial charge is 0.0395 e. The molecule has 7 rings (SSSR count). The molecule has 0 heteroatoms. The standard InChI is InChI=1S/C8H16.C8H10.C7H14.C7H8.C7H16.C6H12.C5H10.C4H8/c1-7-4-3-5-8(2)6-7;1-7-5-3-4-6-8(7)2;2*1-7-5-3-2-4-6-7;1-3-5-7-6-4-2;1-6-4-2-3-5-6;1-5-3-2-4-5;1-4-2-3-4/h7-8H,3-6H2,1-2H3;3-6H,1-2H3;7H,2-6H2,1H3;2-6H,1H3;3-7H2,1-2H3;6H,2-5H2,1H3;5H,2-4H2,1H3;4H,2-3H2,1H3. The van der Waals surface area contributed by atoms with Gasteiger partial charge < -0.3 is 0 Å². The van der Waals surface area contributed by atoms with Gasteiger partial charge in [-0.2, -0.15) is 0 Å². The van der Waals surface area contributed by atoms with E-state index >= 15 is 0 Å². The molecule has 0 saturated heterocycles. The summed E-state index contributed by atoms with van der Waals surface area (Å²) < 4.78 is 0. The van der Waals surface area contributed by atoms with Gasteiger partial charge in [0, 0.05) is 0 Å². The minimum absolute atomic E-state index is 1.01. The van der Waals surface area contributed by atoms with Gasteiger partial charge in [-0.25, -0.2) is 0 Å². The third kappa shape index (κ3) is 35.5. The maximum atomic E-state index is 2.37. The van der Waals surface area contributed by atoms with Crippen LogP contribution in [0, 0.1) is 56.3 Å². The average Bonchev–Trinajstić information content (AvgIpc) is 3.76. The van der Waals surface area contributed by atoms with Crippen molar-refractivity contribution in [1.82, 2.24) is 0 Å². The maximum absolute atomic E-state index is 2.37. The molecule has 0 heterocycles. The lowest BCUT2D eigenvalue weighted by molar-refractivity contribution is 0.301. The van der Waals surface area contributed by atoms with Gasteiger partial charge in [-0.15, -0.1) is 0 Å². The Kier molecular flexibility index (Phi) is 34.1. The van der Waals surface area contributed by atoms with Crippen LogP contribution in [0.15, 0.2) is 54.6 Å². The first-order chi connectivity index (χ1) is 25.0. The van der Waals surface area contributed by atoms with Gasteiger partial charge in [0.25, 0.3) is 0 Å². The van der Waals surface area contributed by atoms with Crippen LogP contribution in [0.1, 0.15) is 220 Å². The third-order valence-corrected chi connectivity index (χ3v) is 11.6. The van der Waals surface area contributed by atoms with E-state index in [1.807, 2.05) is 18.2 Å². The van der Waals surface area contributed by atoms with Gasteiger partial charge >= 0.3 is 0 Å². The fourth-order valence-corrected chi connectivity index (χ4v) is 6.83. The van der Waals surface area contributed by atoms with E-state index in [1.54, 1.807) is 0 Å². The van der Waals surface area contributed by atoms with Gasteiger partial charge in [-0.1, -0.05) is 257 Å².